The smallest absolute Gasteiger partial charge is 0.173 e. The summed E-state index contributed by atoms with van der Waals surface area (Å²) in [4.78, 5) is 12.2. The quantitative estimate of drug-likeness (QED) is 0.514. The highest BCUT2D eigenvalue weighted by molar-refractivity contribution is 9.10. The third-order valence-electron chi connectivity index (χ3n) is 3.13. The average molecular weight is 372 g/mol. The number of Topliss-reactive ketones (excluding diaryl/α,β-unsaturated/α-hetero) is 1. The molecule has 0 N–H and O–H groups in total. The Morgan fingerprint density at radius 1 is 1.27 bits per heavy atom. The number of aromatic nitrogens is 2. The summed E-state index contributed by atoms with van der Waals surface area (Å²) in [5, 5.41) is 14.3. The standard InChI is InChI=1S/C16H10BrN3OS/c17-12-6-4-11(5-7-12)15(21)10-22-16-13(9-18)14-3-1-2-8-20(14)19-16/h1-8H,10H2. The van der Waals surface area contributed by atoms with Gasteiger partial charge >= 0.3 is 0 Å². The third-order valence-corrected chi connectivity index (χ3v) is 4.62. The van der Waals surface area contributed by atoms with Gasteiger partial charge in [-0.1, -0.05) is 45.9 Å². The normalized spacial score (nSPS) is 10.5. The average Bonchev–Trinajstić information content (AvgIpc) is 2.90. The fourth-order valence-corrected chi connectivity index (χ4v) is 3.18. The Bertz CT molecular complexity index is 881. The van der Waals surface area contributed by atoms with Crippen LogP contribution in [0.15, 0.2) is 58.2 Å². The van der Waals surface area contributed by atoms with E-state index in [1.807, 2.05) is 30.3 Å². The van der Waals surface area contributed by atoms with Gasteiger partial charge in [0.15, 0.2) is 5.78 Å². The zero-order valence-corrected chi connectivity index (χ0v) is 13.8. The highest BCUT2D eigenvalue weighted by atomic mass is 79.9. The minimum atomic E-state index is 0.0124. The van der Waals surface area contributed by atoms with Crippen LogP contribution in [0.1, 0.15) is 15.9 Å². The number of ketones is 1. The highest BCUT2D eigenvalue weighted by Crippen LogP contribution is 2.25. The van der Waals surface area contributed by atoms with E-state index in [1.165, 1.54) is 11.8 Å². The summed E-state index contributed by atoms with van der Waals surface area (Å²) in [6, 6.07) is 15.0. The van der Waals surface area contributed by atoms with Crippen molar-refractivity contribution < 1.29 is 4.79 Å². The van der Waals surface area contributed by atoms with Crippen molar-refractivity contribution in [2.24, 2.45) is 0 Å². The summed E-state index contributed by atoms with van der Waals surface area (Å²) in [5.74, 6) is 0.263. The van der Waals surface area contributed by atoms with Crippen molar-refractivity contribution in [3.63, 3.8) is 0 Å². The van der Waals surface area contributed by atoms with Gasteiger partial charge in [-0.05, 0) is 24.3 Å². The Kier molecular flexibility index (Phi) is 4.27. The molecule has 2 heterocycles. The van der Waals surface area contributed by atoms with Gasteiger partial charge in [0.05, 0.1) is 11.3 Å². The Morgan fingerprint density at radius 2 is 2.05 bits per heavy atom. The van der Waals surface area contributed by atoms with E-state index < -0.39 is 0 Å². The Morgan fingerprint density at radius 3 is 2.77 bits per heavy atom. The number of fused-ring (bicyclic) bond motifs is 1. The van der Waals surface area contributed by atoms with Crippen molar-refractivity contribution in [1.29, 1.82) is 5.26 Å². The van der Waals surface area contributed by atoms with Gasteiger partial charge in [0.25, 0.3) is 0 Å². The van der Waals surface area contributed by atoms with E-state index in [2.05, 4.69) is 27.1 Å². The minimum absolute atomic E-state index is 0.0124. The maximum absolute atomic E-state index is 12.2. The van der Waals surface area contributed by atoms with Crippen molar-refractivity contribution in [3.8, 4) is 6.07 Å². The number of hydrogen-bond donors (Lipinski definition) is 0. The van der Waals surface area contributed by atoms with Crippen molar-refractivity contribution in [3.05, 3.63) is 64.3 Å². The predicted octanol–water partition coefficient (Wildman–Crippen LogP) is 3.94. The molecule has 108 valence electrons. The van der Waals surface area contributed by atoms with Gasteiger partial charge in [0, 0.05) is 16.2 Å². The second-order valence-corrected chi connectivity index (χ2v) is 6.42. The molecule has 0 atom stereocenters. The predicted molar refractivity (Wildman–Crippen MR) is 89.1 cm³/mol. The molecular formula is C16H10BrN3OS. The van der Waals surface area contributed by atoms with Gasteiger partial charge < -0.3 is 0 Å². The lowest BCUT2D eigenvalue weighted by Gasteiger charge is -2.00. The maximum atomic E-state index is 12.2. The van der Waals surface area contributed by atoms with Crippen LogP contribution < -0.4 is 0 Å². The molecule has 0 unspecified atom stereocenters. The fraction of sp³-hybridized carbons (Fsp3) is 0.0625. The van der Waals surface area contributed by atoms with Gasteiger partial charge in [0.1, 0.15) is 16.7 Å². The van der Waals surface area contributed by atoms with Crippen LogP contribution >= 0.6 is 27.7 Å². The molecule has 0 aliphatic heterocycles. The SMILES string of the molecule is N#Cc1c(SCC(=O)c2ccc(Br)cc2)nn2ccccc12. The summed E-state index contributed by atoms with van der Waals surface area (Å²) in [7, 11) is 0. The molecule has 0 saturated heterocycles. The number of nitrogens with zero attached hydrogens (tertiary/aromatic N) is 3. The number of carbonyl (C=O) groups excluding carboxylic acids is 1. The van der Waals surface area contributed by atoms with Gasteiger partial charge in [-0.25, -0.2) is 4.52 Å². The number of benzene rings is 1. The number of carbonyl (C=O) groups is 1. The van der Waals surface area contributed by atoms with Gasteiger partial charge in [-0.2, -0.15) is 10.4 Å². The lowest BCUT2D eigenvalue weighted by Crippen LogP contribution is -2.02. The molecule has 0 amide bonds. The Balaban J connectivity index is 1.81. The minimum Gasteiger partial charge on any atom is -0.293 e. The molecule has 4 nitrogen and oxygen atoms in total. The Hall–Kier alpha value is -2.10. The summed E-state index contributed by atoms with van der Waals surface area (Å²) in [6.07, 6.45) is 1.79. The summed E-state index contributed by atoms with van der Waals surface area (Å²) in [5.41, 5.74) is 1.91. The topological polar surface area (TPSA) is 58.2 Å². The molecule has 0 aliphatic carbocycles. The summed E-state index contributed by atoms with van der Waals surface area (Å²) in [6.45, 7) is 0. The van der Waals surface area contributed by atoms with Crippen LogP contribution in [0.25, 0.3) is 5.52 Å². The monoisotopic (exact) mass is 371 g/mol. The second-order valence-electron chi connectivity index (χ2n) is 4.54. The summed E-state index contributed by atoms with van der Waals surface area (Å²) < 4.78 is 2.59. The van der Waals surface area contributed by atoms with Gasteiger partial charge in [0.2, 0.25) is 0 Å². The molecule has 0 bridgehead atoms. The van der Waals surface area contributed by atoms with E-state index in [0.29, 0.717) is 16.2 Å². The van der Waals surface area contributed by atoms with Crippen LogP contribution in [-0.2, 0) is 0 Å². The number of thioether (sulfide) groups is 1. The number of hydrogen-bond acceptors (Lipinski definition) is 4. The van der Waals surface area contributed by atoms with Crippen LogP contribution in [0.5, 0.6) is 0 Å². The van der Waals surface area contributed by atoms with Crippen LogP contribution in [0.2, 0.25) is 0 Å². The fourth-order valence-electron chi connectivity index (χ4n) is 2.04. The van der Waals surface area contributed by atoms with E-state index in [0.717, 1.165) is 9.99 Å². The van der Waals surface area contributed by atoms with Crippen LogP contribution in [0, 0.1) is 11.3 Å². The van der Waals surface area contributed by atoms with E-state index >= 15 is 0 Å². The lowest BCUT2D eigenvalue weighted by molar-refractivity contribution is 0.102. The molecule has 0 saturated carbocycles. The van der Waals surface area contributed by atoms with E-state index in [9.17, 15) is 10.1 Å². The molecule has 6 heteroatoms. The number of nitriles is 1. The third kappa shape index (κ3) is 2.91. The van der Waals surface area contributed by atoms with Crippen molar-refractivity contribution in [1.82, 2.24) is 9.61 Å². The molecule has 22 heavy (non-hydrogen) atoms. The first kappa shape index (κ1) is 14.8. The molecule has 0 aliphatic rings. The first-order valence-corrected chi connectivity index (χ1v) is 8.26. The zero-order valence-electron chi connectivity index (χ0n) is 11.4. The number of halogens is 1. The molecule has 0 spiro atoms. The van der Waals surface area contributed by atoms with Gasteiger partial charge in [-0.3, -0.25) is 4.79 Å². The molecule has 2 aromatic heterocycles. The van der Waals surface area contributed by atoms with Crippen molar-refractivity contribution in [2.75, 3.05) is 5.75 Å². The zero-order chi connectivity index (χ0) is 15.5. The molecule has 0 fully saturated rings. The van der Waals surface area contributed by atoms with E-state index in [-0.39, 0.29) is 11.5 Å². The first-order valence-electron chi connectivity index (χ1n) is 6.48. The van der Waals surface area contributed by atoms with E-state index in [4.69, 9.17) is 0 Å². The number of rotatable bonds is 4. The van der Waals surface area contributed by atoms with Crippen LogP contribution in [-0.4, -0.2) is 21.2 Å². The second kappa shape index (κ2) is 6.34. The maximum Gasteiger partial charge on any atom is 0.173 e. The molecule has 3 aromatic rings. The van der Waals surface area contributed by atoms with Gasteiger partial charge in [-0.15, -0.1) is 0 Å². The van der Waals surface area contributed by atoms with E-state index in [1.54, 1.807) is 22.8 Å². The lowest BCUT2D eigenvalue weighted by atomic mass is 10.2. The first-order chi connectivity index (χ1) is 10.7. The highest BCUT2D eigenvalue weighted by Gasteiger charge is 2.14. The van der Waals surface area contributed by atoms with Crippen molar-refractivity contribution >= 4 is 39.0 Å². The van der Waals surface area contributed by atoms with Crippen LogP contribution in [0.3, 0.4) is 0 Å². The molecule has 3 rings (SSSR count). The van der Waals surface area contributed by atoms with Crippen LogP contribution in [0.4, 0.5) is 0 Å². The summed E-state index contributed by atoms with van der Waals surface area (Å²) >= 11 is 4.63. The largest absolute Gasteiger partial charge is 0.293 e. The van der Waals surface area contributed by atoms with Crippen molar-refractivity contribution in [2.45, 2.75) is 5.03 Å². The molecular weight excluding hydrogens is 362 g/mol. The molecule has 0 radical (unpaired) electrons. The molecule has 1 aromatic carbocycles. The number of pyridine rings is 1. The Labute approximate surface area is 139 Å².